The van der Waals surface area contributed by atoms with Gasteiger partial charge in [-0.25, -0.2) is 0 Å². The van der Waals surface area contributed by atoms with Gasteiger partial charge in [-0.05, 0) is 29.7 Å². The van der Waals surface area contributed by atoms with Crippen molar-refractivity contribution in [2.75, 3.05) is 13.7 Å². The van der Waals surface area contributed by atoms with Crippen molar-refractivity contribution < 1.29 is 4.74 Å². The Labute approximate surface area is 85.0 Å². The van der Waals surface area contributed by atoms with E-state index in [0.29, 0.717) is 6.54 Å². The minimum atomic E-state index is -0.0733. The van der Waals surface area contributed by atoms with Crippen LogP contribution in [0, 0.1) is 0 Å². The lowest BCUT2D eigenvalue weighted by Crippen LogP contribution is -2.22. The van der Waals surface area contributed by atoms with Gasteiger partial charge in [0.05, 0.1) is 7.11 Å². The summed E-state index contributed by atoms with van der Waals surface area (Å²) in [5.74, 6) is 0.870. The molecule has 0 fully saturated rings. The molecule has 0 aliphatic heterocycles. The fourth-order valence-corrected chi connectivity index (χ4v) is 1.50. The average molecular weight is 194 g/mol. The van der Waals surface area contributed by atoms with Crippen LogP contribution in [0.5, 0.6) is 5.75 Å². The zero-order valence-electron chi connectivity index (χ0n) is 8.79. The summed E-state index contributed by atoms with van der Waals surface area (Å²) in [6, 6.07) is 5.86. The van der Waals surface area contributed by atoms with E-state index >= 15 is 0 Å². The summed E-state index contributed by atoms with van der Waals surface area (Å²) >= 11 is 0. The van der Waals surface area contributed by atoms with E-state index in [1.807, 2.05) is 18.2 Å². The van der Waals surface area contributed by atoms with Crippen molar-refractivity contribution in [2.45, 2.75) is 19.4 Å². The molecular formula is C11H18N2O. The van der Waals surface area contributed by atoms with Gasteiger partial charge in [-0.2, -0.15) is 0 Å². The van der Waals surface area contributed by atoms with E-state index in [0.717, 1.165) is 17.7 Å². The number of benzene rings is 1. The first-order valence-corrected chi connectivity index (χ1v) is 4.85. The Balaban J connectivity index is 3.04. The smallest absolute Gasteiger partial charge is 0.119 e. The lowest BCUT2D eigenvalue weighted by atomic mass is 9.99. The summed E-state index contributed by atoms with van der Waals surface area (Å²) in [5.41, 5.74) is 13.8. The van der Waals surface area contributed by atoms with Crippen LogP contribution >= 0.6 is 0 Å². The Morgan fingerprint density at radius 3 is 2.64 bits per heavy atom. The summed E-state index contributed by atoms with van der Waals surface area (Å²) < 4.78 is 5.15. The Kier molecular flexibility index (Phi) is 3.92. The Morgan fingerprint density at radius 1 is 1.43 bits per heavy atom. The highest BCUT2D eigenvalue weighted by Gasteiger charge is 2.09. The van der Waals surface area contributed by atoms with Crippen LogP contribution in [0.15, 0.2) is 18.2 Å². The van der Waals surface area contributed by atoms with Crippen molar-refractivity contribution >= 4 is 0 Å². The number of nitrogens with two attached hydrogens (primary N) is 2. The molecule has 3 heteroatoms. The fraction of sp³-hybridized carbons (Fsp3) is 0.455. The molecule has 0 aliphatic rings. The molecule has 0 spiro atoms. The maximum atomic E-state index is 5.90. The fourth-order valence-electron chi connectivity index (χ4n) is 1.50. The van der Waals surface area contributed by atoms with Crippen molar-refractivity contribution in [3.8, 4) is 5.75 Å². The molecular weight excluding hydrogens is 176 g/mol. The normalized spacial score (nSPS) is 12.6. The number of aryl methyl sites for hydroxylation is 1. The van der Waals surface area contributed by atoms with Gasteiger partial charge < -0.3 is 16.2 Å². The van der Waals surface area contributed by atoms with Gasteiger partial charge in [-0.1, -0.05) is 13.0 Å². The number of methoxy groups -OCH3 is 1. The summed E-state index contributed by atoms with van der Waals surface area (Å²) in [4.78, 5) is 0. The molecule has 78 valence electrons. The van der Waals surface area contributed by atoms with Crippen LogP contribution in [0.1, 0.15) is 24.1 Å². The summed E-state index contributed by atoms with van der Waals surface area (Å²) in [6.07, 6.45) is 0.945. The molecule has 0 aliphatic carbocycles. The number of rotatable bonds is 4. The van der Waals surface area contributed by atoms with Crippen LogP contribution < -0.4 is 16.2 Å². The molecule has 4 N–H and O–H groups in total. The molecule has 0 saturated heterocycles. The van der Waals surface area contributed by atoms with Crippen LogP contribution in [0.4, 0.5) is 0 Å². The number of ether oxygens (including phenoxy) is 1. The zero-order chi connectivity index (χ0) is 10.6. The van der Waals surface area contributed by atoms with E-state index in [4.69, 9.17) is 16.2 Å². The molecule has 0 aromatic heterocycles. The highest BCUT2D eigenvalue weighted by molar-refractivity contribution is 5.37. The summed E-state index contributed by atoms with van der Waals surface area (Å²) in [6.45, 7) is 2.57. The molecule has 3 nitrogen and oxygen atoms in total. The molecule has 1 aromatic rings. The van der Waals surface area contributed by atoms with E-state index in [2.05, 4.69) is 6.92 Å². The molecule has 14 heavy (non-hydrogen) atoms. The van der Waals surface area contributed by atoms with Crippen molar-refractivity contribution in [1.82, 2.24) is 0 Å². The monoisotopic (exact) mass is 194 g/mol. The van der Waals surface area contributed by atoms with Gasteiger partial charge in [0.1, 0.15) is 5.75 Å². The van der Waals surface area contributed by atoms with Crippen molar-refractivity contribution in [2.24, 2.45) is 11.5 Å². The third-order valence-corrected chi connectivity index (χ3v) is 2.38. The second kappa shape index (κ2) is 4.98. The standard InChI is InChI=1S/C11H18N2O/c1-3-8-6-9(14-2)4-5-10(8)11(13)7-12/h4-6,11H,3,7,12-13H2,1-2H3/t11-/m0/s1. The third-order valence-electron chi connectivity index (χ3n) is 2.38. The minimum absolute atomic E-state index is 0.0733. The van der Waals surface area contributed by atoms with Gasteiger partial charge in [-0.3, -0.25) is 0 Å². The highest BCUT2D eigenvalue weighted by Crippen LogP contribution is 2.21. The summed E-state index contributed by atoms with van der Waals surface area (Å²) in [5, 5.41) is 0. The maximum Gasteiger partial charge on any atom is 0.119 e. The van der Waals surface area contributed by atoms with Crippen LogP contribution in [0.2, 0.25) is 0 Å². The second-order valence-corrected chi connectivity index (χ2v) is 3.26. The van der Waals surface area contributed by atoms with Crippen LogP contribution in [0.25, 0.3) is 0 Å². The van der Waals surface area contributed by atoms with Gasteiger partial charge in [0.2, 0.25) is 0 Å². The van der Waals surface area contributed by atoms with E-state index in [1.54, 1.807) is 7.11 Å². The van der Waals surface area contributed by atoms with E-state index < -0.39 is 0 Å². The SMILES string of the molecule is CCc1cc(OC)ccc1[C@@H](N)CN. The van der Waals surface area contributed by atoms with Gasteiger partial charge in [0, 0.05) is 12.6 Å². The first-order chi connectivity index (χ1) is 6.72. The number of hydrogen-bond donors (Lipinski definition) is 2. The zero-order valence-corrected chi connectivity index (χ0v) is 8.79. The predicted molar refractivity (Wildman–Crippen MR) is 58.4 cm³/mol. The van der Waals surface area contributed by atoms with E-state index in [-0.39, 0.29) is 6.04 Å². The second-order valence-electron chi connectivity index (χ2n) is 3.26. The molecule has 1 atom stereocenters. The van der Waals surface area contributed by atoms with Crippen LogP contribution in [-0.4, -0.2) is 13.7 Å². The minimum Gasteiger partial charge on any atom is -0.497 e. The predicted octanol–water partition coefficient (Wildman–Crippen LogP) is 1.22. The maximum absolute atomic E-state index is 5.90. The molecule has 0 radical (unpaired) electrons. The van der Waals surface area contributed by atoms with E-state index in [1.165, 1.54) is 5.56 Å². The Morgan fingerprint density at radius 2 is 2.14 bits per heavy atom. The third kappa shape index (κ3) is 2.25. The molecule has 0 saturated carbocycles. The Hall–Kier alpha value is -1.06. The molecule has 1 aromatic carbocycles. The summed E-state index contributed by atoms with van der Waals surface area (Å²) in [7, 11) is 1.66. The topological polar surface area (TPSA) is 61.3 Å². The van der Waals surface area contributed by atoms with Gasteiger partial charge in [0.15, 0.2) is 0 Å². The first-order valence-electron chi connectivity index (χ1n) is 4.85. The molecule has 0 heterocycles. The van der Waals surface area contributed by atoms with Gasteiger partial charge >= 0.3 is 0 Å². The quantitative estimate of drug-likeness (QED) is 0.757. The molecule has 0 amide bonds. The molecule has 0 bridgehead atoms. The number of hydrogen-bond acceptors (Lipinski definition) is 3. The van der Waals surface area contributed by atoms with Crippen LogP contribution in [0.3, 0.4) is 0 Å². The van der Waals surface area contributed by atoms with Crippen molar-refractivity contribution in [1.29, 1.82) is 0 Å². The lowest BCUT2D eigenvalue weighted by molar-refractivity contribution is 0.414. The first kappa shape index (κ1) is 11.0. The Bertz CT molecular complexity index is 299. The van der Waals surface area contributed by atoms with Crippen molar-refractivity contribution in [3.05, 3.63) is 29.3 Å². The van der Waals surface area contributed by atoms with E-state index in [9.17, 15) is 0 Å². The van der Waals surface area contributed by atoms with Crippen LogP contribution in [-0.2, 0) is 6.42 Å². The van der Waals surface area contributed by atoms with Gasteiger partial charge in [0.25, 0.3) is 0 Å². The molecule has 1 rings (SSSR count). The molecule has 0 unspecified atom stereocenters. The largest absolute Gasteiger partial charge is 0.497 e. The highest BCUT2D eigenvalue weighted by atomic mass is 16.5. The average Bonchev–Trinajstić information content (AvgIpc) is 2.27. The van der Waals surface area contributed by atoms with Crippen molar-refractivity contribution in [3.63, 3.8) is 0 Å². The van der Waals surface area contributed by atoms with Gasteiger partial charge in [-0.15, -0.1) is 0 Å². The lowest BCUT2D eigenvalue weighted by Gasteiger charge is -2.14.